The van der Waals surface area contributed by atoms with Crippen molar-refractivity contribution in [1.82, 2.24) is 14.6 Å². The minimum atomic E-state index is 0.360. The molecule has 0 aliphatic carbocycles. The van der Waals surface area contributed by atoms with E-state index in [0.717, 1.165) is 36.4 Å². The molecule has 0 spiro atoms. The molecule has 0 unspecified atom stereocenters. The Labute approximate surface area is 180 Å². The van der Waals surface area contributed by atoms with Gasteiger partial charge in [-0.1, -0.05) is 76.8 Å². The Kier molecular flexibility index (Phi) is 9.66. The molecule has 0 atom stereocenters. The second-order valence-electron chi connectivity index (χ2n) is 7.72. The highest BCUT2D eigenvalue weighted by Crippen LogP contribution is 2.23. The van der Waals surface area contributed by atoms with E-state index in [1.807, 2.05) is 35.0 Å². The van der Waals surface area contributed by atoms with E-state index in [4.69, 9.17) is 11.0 Å². The van der Waals surface area contributed by atoms with E-state index in [2.05, 4.69) is 54.4 Å². The second kappa shape index (κ2) is 12.5. The van der Waals surface area contributed by atoms with Crippen LogP contribution in [0.4, 0.5) is 11.6 Å². The maximum Gasteiger partial charge on any atom is 0.163 e. The van der Waals surface area contributed by atoms with Gasteiger partial charge >= 0.3 is 0 Å². The Bertz CT molecular complexity index is 924. The number of nitrogens with one attached hydrogen (secondary N) is 1. The van der Waals surface area contributed by atoms with E-state index in [1.165, 1.54) is 31.2 Å². The van der Waals surface area contributed by atoms with Crippen LogP contribution in [0.5, 0.6) is 0 Å². The molecule has 0 bridgehead atoms. The zero-order chi connectivity index (χ0) is 21.8. The third-order valence-corrected chi connectivity index (χ3v) is 4.85. The lowest BCUT2D eigenvalue weighted by molar-refractivity contribution is 0.640. The predicted molar refractivity (Wildman–Crippen MR) is 124 cm³/mol. The molecule has 3 aromatic rings. The van der Waals surface area contributed by atoms with Crippen LogP contribution in [0.3, 0.4) is 0 Å². The number of nitriles is 1. The fourth-order valence-corrected chi connectivity index (χ4v) is 3.13. The Morgan fingerprint density at radius 3 is 2.53 bits per heavy atom. The van der Waals surface area contributed by atoms with Crippen LogP contribution in [0.2, 0.25) is 0 Å². The van der Waals surface area contributed by atoms with Crippen molar-refractivity contribution in [2.45, 2.75) is 71.8 Å². The summed E-state index contributed by atoms with van der Waals surface area (Å²) in [7, 11) is 0. The maximum absolute atomic E-state index is 8.17. The van der Waals surface area contributed by atoms with Crippen LogP contribution in [0.1, 0.15) is 76.3 Å². The fourth-order valence-electron chi connectivity index (χ4n) is 3.13. The molecule has 160 valence electrons. The molecule has 0 saturated heterocycles. The van der Waals surface area contributed by atoms with Crippen molar-refractivity contribution in [2.24, 2.45) is 0 Å². The average Bonchev–Trinajstić information content (AvgIpc) is 3.17. The quantitative estimate of drug-likeness (QED) is 0.430. The number of unbranched alkanes of at least 4 members (excludes halogenated alkanes) is 5. The van der Waals surface area contributed by atoms with Crippen LogP contribution in [-0.2, 0) is 6.54 Å². The molecular formula is C24H34N6. The summed E-state index contributed by atoms with van der Waals surface area (Å²) >= 11 is 0. The minimum Gasteiger partial charge on any atom is -0.384 e. The topological polar surface area (TPSA) is 92.0 Å². The van der Waals surface area contributed by atoms with Gasteiger partial charge in [0.2, 0.25) is 0 Å². The van der Waals surface area contributed by atoms with E-state index >= 15 is 0 Å². The number of rotatable bonds is 9. The maximum atomic E-state index is 8.17. The van der Waals surface area contributed by atoms with Crippen molar-refractivity contribution in [3.63, 3.8) is 0 Å². The third-order valence-electron chi connectivity index (χ3n) is 4.85. The highest BCUT2D eigenvalue weighted by Gasteiger charge is 2.12. The molecule has 0 fully saturated rings. The molecule has 0 amide bonds. The number of aromatic nitrogens is 3. The summed E-state index contributed by atoms with van der Waals surface area (Å²) in [4.78, 5) is 4.41. The number of nitrogens with two attached hydrogens (primary N) is 1. The average molecular weight is 407 g/mol. The lowest BCUT2D eigenvalue weighted by Gasteiger charge is -2.10. The summed E-state index contributed by atoms with van der Waals surface area (Å²) in [5, 5.41) is 16.0. The van der Waals surface area contributed by atoms with Gasteiger partial charge in [0.15, 0.2) is 5.65 Å². The van der Waals surface area contributed by atoms with Crippen molar-refractivity contribution in [3.05, 3.63) is 53.7 Å². The Morgan fingerprint density at radius 2 is 1.87 bits per heavy atom. The molecule has 6 heteroatoms. The van der Waals surface area contributed by atoms with Gasteiger partial charge in [0.1, 0.15) is 11.6 Å². The Balaban J connectivity index is 0.000000303. The zero-order valence-electron chi connectivity index (χ0n) is 18.4. The van der Waals surface area contributed by atoms with Crippen molar-refractivity contribution in [2.75, 3.05) is 11.1 Å². The van der Waals surface area contributed by atoms with Crippen LogP contribution in [0, 0.1) is 11.3 Å². The molecule has 0 saturated carbocycles. The smallest absolute Gasteiger partial charge is 0.163 e. The van der Waals surface area contributed by atoms with Crippen molar-refractivity contribution >= 4 is 17.3 Å². The van der Waals surface area contributed by atoms with Crippen molar-refractivity contribution in [1.29, 1.82) is 5.26 Å². The van der Waals surface area contributed by atoms with E-state index in [-0.39, 0.29) is 0 Å². The summed E-state index contributed by atoms with van der Waals surface area (Å²) in [6.45, 7) is 7.17. The summed E-state index contributed by atoms with van der Waals surface area (Å²) in [5.41, 5.74) is 9.06. The molecule has 3 N–H and O–H groups in total. The highest BCUT2D eigenvalue weighted by molar-refractivity contribution is 5.59. The number of nitrogens with zero attached hydrogens (tertiary/aromatic N) is 4. The van der Waals surface area contributed by atoms with E-state index in [1.54, 1.807) is 0 Å². The van der Waals surface area contributed by atoms with Crippen LogP contribution in [0.15, 0.2) is 42.6 Å². The lowest BCUT2D eigenvalue weighted by atomic mass is 10.1. The molecule has 1 aromatic carbocycles. The minimum absolute atomic E-state index is 0.360. The normalized spacial score (nSPS) is 10.5. The fraction of sp³-hybridized carbons (Fsp3) is 0.458. The molecule has 0 radical (unpaired) electrons. The van der Waals surface area contributed by atoms with Crippen LogP contribution < -0.4 is 11.1 Å². The van der Waals surface area contributed by atoms with Crippen molar-refractivity contribution in [3.8, 4) is 6.07 Å². The number of benzene rings is 1. The van der Waals surface area contributed by atoms with Gasteiger partial charge in [-0.25, -0.2) is 4.98 Å². The first-order valence-electron chi connectivity index (χ1n) is 10.9. The monoisotopic (exact) mass is 406 g/mol. The van der Waals surface area contributed by atoms with Gasteiger partial charge in [-0.3, -0.25) is 0 Å². The van der Waals surface area contributed by atoms with Gasteiger partial charge in [0, 0.05) is 24.6 Å². The van der Waals surface area contributed by atoms with E-state index in [9.17, 15) is 0 Å². The molecule has 0 aliphatic rings. The van der Waals surface area contributed by atoms with Gasteiger partial charge < -0.3 is 11.1 Å². The number of nitrogen functional groups attached to an aromatic ring is 1. The lowest BCUT2D eigenvalue weighted by Crippen LogP contribution is -2.07. The van der Waals surface area contributed by atoms with E-state index in [0.29, 0.717) is 11.7 Å². The SMILES string of the molecule is CC(C)c1cnn2c(NCc3ccccc3)cc(N)nc12.CCCCCCCC#N. The van der Waals surface area contributed by atoms with Crippen LogP contribution in [0.25, 0.3) is 5.65 Å². The standard InChI is InChI=1S/C16H19N5.C8H15N/c1-11(2)13-10-19-21-15(8-14(17)20-16(13)21)18-9-12-6-4-3-5-7-12;1-2-3-4-5-6-7-8-9/h3-8,10-11,18H,9H2,1-2H3,(H2,17,20);2-7H2,1H3. The first kappa shape index (κ1) is 23.2. The van der Waals surface area contributed by atoms with Gasteiger partial charge in [-0.15, -0.1) is 0 Å². The van der Waals surface area contributed by atoms with Gasteiger partial charge in [0.05, 0.1) is 12.3 Å². The molecule has 3 rings (SSSR count). The second-order valence-corrected chi connectivity index (χ2v) is 7.72. The van der Waals surface area contributed by atoms with Crippen LogP contribution >= 0.6 is 0 Å². The first-order valence-corrected chi connectivity index (χ1v) is 10.9. The van der Waals surface area contributed by atoms with Gasteiger partial charge in [0.25, 0.3) is 0 Å². The highest BCUT2D eigenvalue weighted by atomic mass is 15.3. The first-order chi connectivity index (χ1) is 14.6. The predicted octanol–water partition coefficient (Wildman–Crippen LogP) is 5.92. The Hall–Kier alpha value is -3.07. The molecule has 6 nitrogen and oxygen atoms in total. The zero-order valence-corrected chi connectivity index (χ0v) is 18.4. The summed E-state index contributed by atoms with van der Waals surface area (Å²) < 4.78 is 1.81. The Morgan fingerprint density at radius 1 is 1.13 bits per heavy atom. The number of hydrogen-bond donors (Lipinski definition) is 2. The third kappa shape index (κ3) is 7.07. The molecule has 2 heterocycles. The van der Waals surface area contributed by atoms with Crippen molar-refractivity contribution < 1.29 is 0 Å². The number of fused-ring (bicyclic) bond motifs is 1. The number of hydrogen-bond acceptors (Lipinski definition) is 5. The number of anilines is 2. The summed E-state index contributed by atoms with van der Waals surface area (Å²) in [6.07, 6.45) is 8.85. The largest absolute Gasteiger partial charge is 0.384 e. The van der Waals surface area contributed by atoms with Crippen LogP contribution in [-0.4, -0.2) is 14.6 Å². The molecule has 30 heavy (non-hydrogen) atoms. The molecule has 0 aliphatic heterocycles. The molecular weight excluding hydrogens is 372 g/mol. The molecule has 2 aromatic heterocycles. The summed E-state index contributed by atoms with van der Waals surface area (Å²) in [5.74, 6) is 1.72. The van der Waals surface area contributed by atoms with Gasteiger partial charge in [-0.05, 0) is 17.9 Å². The summed E-state index contributed by atoms with van der Waals surface area (Å²) in [6, 6.07) is 14.2. The van der Waals surface area contributed by atoms with Gasteiger partial charge in [-0.2, -0.15) is 14.9 Å². The van der Waals surface area contributed by atoms with E-state index < -0.39 is 0 Å².